The van der Waals surface area contributed by atoms with Crippen molar-refractivity contribution in [3.8, 4) is 11.8 Å². The Balaban J connectivity index is 2.40. The fourth-order valence-corrected chi connectivity index (χ4v) is 1.13. The van der Waals surface area contributed by atoms with E-state index in [2.05, 4.69) is 4.98 Å². The highest BCUT2D eigenvalue weighted by Crippen LogP contribution is 2.09. The van der Waals surface area contributed by atoms with Crippen molar-refractivity contribution in [3.05, 3.63) is 48.3 Å². The Morgan fingerprint density at radius 2 is 2.00 bits per heavy atom. The number of nitriles is 1. The van der Waals surface area contributed by atoms with E-state index in [0.717, 1.165) is 5.69 Å². The van der Waals surface area contributed by atoms with Crippen LogP contribution in [0.5, 0.6) is 0 Å². The molecule has 2 rings (SSSR count). The van der Waals surface area contributed by atoms with Crippen molar-refractivity contribution in [1.29, 1.82) is 5.26 Å². The van der Waals surface area contributed by atoms with E-state index in [0.29, 0.717) is 5.69 Å². The summed E-state index contributed by atoms with van der Waals surface area (Å²) in [6.45, 7) is 0. The molecule has 0 saturated carbocycles. The highest BCUT2D eigenvalue weighted by atomic mass is 19.1. The van der Waals surface area contributed by atoms with E-state index in [9.17, 15) is 4.39 Å². The summed E-state index contributed by atoms with van der Waals surface area (Å²) in [5.41, 5.74) is 1.12. The molecular weight excluding hydrogens is 181 g/mol. The summed E-state index contributed by atoms with van der Waals surface area (Å²) in [4.78, 5) is 3.84. The van der Waals surface area contributed by atoms with Gasteiger partial charge in [-0.3, -0.25) is 0 Å². The molecule has 0 atom stereocenters. The van der Waals surface area contributed by atoms with Gasteiger partial charge in [-0.25, -0.2) is 9.37 Å². The van der Waals surface area contributed by atoms with Crippen LogP contribution in [0.15, 0.2) is 36.8 Å². The van der Waals surface area contributed by atoms with Gasteiger partial charge in [0.25, 0.3) is 0 Å². The van der Waals surface area contributed by atoms with Gasteiger partial charge in [0.1, 0.15) is 18.2 Å². The molecule has 0 bridgehead atoms. The second-order valence-corrected chi connectivity index (χ2v) is 2.75. The standard InChI is InChI=1S/C10H6FN3/c11-8-1-3-10(4-2-8)14-6-9(5-12)13-7-14/h1-4,6-7H. The Labute approximate surface area is 80.1 Å². The van der Waals surface area contributed by atoms with Gasteiger partial charge in [-0.05, 0) is 24.3 Å². The van der Waals surface area contributed by atoms with Crippen LogP contribution in [0.2, 0.25) is 0 Å². The molecule has 0 amide bonds. The van der Waals surface area contributed by atoms with Crippen LogP contribution < -0.4 is 0 Å². The average Bonchev–Trinajstić information content (AvgIpc) is 2.67. The maximum Gasteiger partial charge on any atom is 0.158 e. The number of rotatable bonds is 1. The lowest BCUT2D eigenvalue weighted by Crippen LogP contribution is -1.89. The number of imidazole rings is 1. The molecule has 1 heterocycles. The number of benzene rings is 1. The average molecular weight is 187 g/mol. The van der Waals surface area contributed by atoms with E-state index in [1.165, 1.54) is 18.5 Å². The minimum atomic E-state index is -0.283. The van der Waals surface area contributed by atoms with E-state index in [-0.39, 0.29) is 5.82 Å². The zero-order valence-electron chi connectivity index (χ0n) is 7.18. The molecule has 0 fully saturated rings. The number of hydrogen-bond acceptors (Lipinski definition) is 2. The van der Waals surface area contributed by atoms with Gasteiger partial charge in [-0.2, -0.15) is 5.26 Å². The fourth-order valence-electron chi connectivity index (χ4n) is 1.13. The Morgan fingerprint density at radius 3 is 2.57 bits per heavy atom. The molecule has 68 valence electrons. The largest absolute Gasteiger partial charge is 0.305 e. The molecule has 4 heteroatoms. The normalized spacial score (nSPS) is 9.71. The first-order valence-corrected chi connectivity index (χ1v) is 3.99. The molecule has 1 aromatic carbocycles. The van der Waals surface area contributed by atoms with Crippen LogP contribution in [0.1, 0.15) is 5.69 Å². The van der Waals surface area contributed by atoms with Crippen molar-refractivity contribution >= 4 is 0 Å². The van der Waals surface area contributed by atoms with Crippen LogP contribution in [0.3, 0.4) is 0 Å². The maximum absolute atomic E-state index is 12.6. The van der Waals surface area contributed by atoms with E-state index in [4.69, 9.17) is 5.26 Å². The number of nitrogens with zero attached hydrogens (tertiary/aromatic N) is 3. The van der Waals surface area contributed by atoms with Crippen molar-refractivity contribution in [1.82, 2.24) is 9.55 Å². The quantitative estimate of drug-likeness (QED) is 0.684. The minimum absolute atomic E-state index is 0.283. The van der Waals surface area contributed by atoms with Crippen molar-refractivity contribution < 1.29 is 4.39 Å². The molecule has 0 radical (unpaired) electrons. The number of hydrogen-bond donors (Lipinski definition) is 0. The molecule has 0 aliphatic carbocycles. The monoisotopic (exact) mass is 187 g/mol. The summed E-state index contributed by atoms with van der Waals surface area (Å²) < 4.78 is 14.3. The molecule has 14 heavy (non-hydrogen) atoms. The maximum atomic E-state index is 12.6. The first-order valence-electron chi connectivity index (χ1n) is 3.99. The topological polar surface area (TPSA) is 41.6 Å². The van der Waals surface area contributed by atoms with Crippen molar-refractivity contribution in [3.63, 3.8) is 0 Å². The highest BCUT2D eigenvalue weighted by Gasteiger charge is 1.99. The third-order valence-corrected chi connectivity index (χ3v) is 1.82. The molecular formula is C10H6FN3. The third-order valence-electron chi connectivity index (χ3n) is 1.82. The molecule has 0 aliphatic heterocycles. The minimum Gasteiger partial charge on any atom is -0.305 e. The lowest BCUT2D eigenvalue weighted by Gasteiger charge is -1.99. The van der Waals surface area contributed by atoms with Crippen LogP contribution >= 0.6 is 0 Å². The van der Waals surface area contributed by atoms with Gasteiger partial charge in [0, 0.05) is 11.9 Å². The molecule has 0 unspecified atom stereocenters. The third kappa shape index (κ3) is 1.48. The smallest absolute Gasteiger partial charge is 0.158 e. The van der Waals surface area contributed by atoms with Crippen LogP contribution in [0, 0.1) is 17.1 Å². The van der Waals surface area contributed by atoms with Crippen molar-refractivity contribution in [2.45, 2.75) is 0 Å². The summed E-state index contributed by atoms with van der Waals surface area (Å²) in [5.74, 6) is -0.283. The Kier molecular flexibility index (Phi) is 1.99. The van der Waals surface area contributed by atoms with E-state index < -0.39 is 0 Å². The van der Waals surface area contributed by atoms with E-state index >= 15 is 0 Å². The summed E-state index contributed by atoms with van der Waals surface area (Å²) in [6.07, 6.45) is 3.11. The second-order valence-electron chi connectivity index (χ2n) is 2.75. The van der Waals surface area contributed by atoms with Crippen molar-refractivity contribution in [2.75, 3.05) is 0 Å². The van der Waals surface area contributed by atoms with Gasteiger partial charge in [0.2, 0.25) is 0 Å². The predicted octanol–water partition coefficient (Wildman–Crippen LogP) is 1.88. The van der Waals surface area contributed by atoms with E-state index in [1.54, 1.807) is 22.9 Å². The van der Waals surface area contributed by atoms with Gasteiger partial charge in [0.05, 0.1) is 0 Å². The molecule has 0 saturated heterocycles. The van der Waals surface area contributed by atoms with Crippen LogP contribution in [0.4, 0.5) is 4.39 Å². The predicted molar refractivity (Wildman–Crippen MR) is 48.2 cm³/mol. The first-order chi connectivity index (χ1) is 6.79. The van der Waals surface area contributed by atoms with Gasteiger partial charge >= 0.3 is 0 Å². The number of halogens is 1. The molecule has 0 N–H and O–H groups in total. The SMILES string of the molecule is N#Cc1cn(-c2ccc(F)cc2)cn1. The summed E-state index contributed by atoms with van der Waals surface area (Å²) in [5, 5.41) is 8.56. The lowest BCUT2D eigenvalue weighted by atomic mass is 10.3. The second kappa shape index (κ2) is 3.30. The highest BCUT2D eigenvalue weighted by molar-refractivity contribution is 5.33. The number of aromatic nitrogens is 2. The Hall–Kier alpha value is -2.15. The van der Waals surface area contributed by atoms with Gasteiger partial charge < -0.3 is 4.57 Å². The Bertz CT molecular complexity index is 479. The van der Waals surface area contributed by atoms with Gasteiger partial charge in [-0.1, -0.05) is 0 Å². The molecule has 3 nitrogen and oxygen atoms in total. The van der Waals surface area contributed by atoms with E-state index in [1.807, 2.05) is 6.07 Å². The zero-order valence-corrected chi connectivity index (χ0v) is 7.18. The molecule has 0 aliphatic rings. The fraction of sp³-hybridized carbons (Fsp3) is 0. The van der Waals surface area contributed by atoms with Gasteiger partial charge in [-0.15, -0.1) is 0 Å². The van der Waals surface area contributed by atoms with Crippen LogP contribution in [-0.4, -0.2) is 9.55 Å². The zero-order chi connectivity index (χ0) is 9.97. The first kappa shape index (κ1) is 8.45. The summed E-state index contributed by atoms with van der Waals surface area (Å²) in [7, 11) is 0. The molecule has 0 spiro atoms. The summed E-state index contributed by atoms with van der Waals surface area (Å²) >= 11 is 0. The molecule has 2 aromatic rings. The lowest BCUT2D eigenvalue weighted by molar-refractivity contribution is 0.627. The summed E-state index contributed by atoms with van der Waals surface area (Å²) in [6, 6.07) is 7.89. The Morgan fingerprint density at radius 1 is 1.29 bits per heavy atom. The van der Waals surface area contributed by atoms with Crippen LogP contribution in [-0.2, 0) is 0 Å². The molecule has 1 aromatic heterocycles. The van der Waals surface area contributed by atoms with Crippen molar-refractivity contribution in [2.24, 2.45) is 0 Å². The van der Waals surface area contributed by atoms with Gasteiger partial charge in [0.15, 0.2) is 5.69 Å². The van der Waals surface area contributed by atoms with Crippen LogP contribution in [0.25, 0.3) is 5.69 Å².